The number of rotatable bonds is 7. The lowest BCUT2D eigenvalue weighted by molar-refractivity contribution is 0.997. The third kappa shape index (κ3) is 6.53. The molecule has 0 saturated carbocycles. The van der Waals surface area contributed by atoms with Crippen molar-refractivity contribution in [3.63, 3.8) is 0 Å². The van der Waals surface area contributed by atoms with Gasteiger partial charge in [0.2, 0.25) is 5.95 Å². The Balaban J connectivity index is 0.945. The second-order valence-corrected chi connectivity index (χ2v) is 18.2. The lowest BCUT2D eigenvalue weighted by Gasteiger charge is -2.14. The summed E-state index contributed by atoms with van der Waals surface area (Å²) in [6, 6.07) is 91.8. The maximum atomic E-state index is 5.47. The molecule has 326 valence electrons. The summed E-state index contributed by atoms with van der Waals surface area (Å²) in [5.74, 6) is 0.633. The molecule has 70 heavy (non-hydrogen) atoms. The van der Waals surface area contributed by atoms with Crippen LogP contribution in [0.2, 0.25) is 0 Å². The van der Waals surface area contributed by atoms with E-state index in [1.807, 2.05) is 0 Å². The number of aromatic nitrogens is 4. The Morgan fingerprint density at radius 2 is 0.657 bits per heavy atom. The molecule has 4 nitrogen and oxygen atoms in total. The van der Waals surface area contributed by atoms with E-state index in [-0.39, 0.29) is 0 Å². The van der Waals surface area contributed by atoms with Crippen LogP contribution in [0.3, 0.4) is 0 Å². The summed E-state index contributed by atoms with van der Waals surface area (Å²) in [6.07, 6.45) is 0. The van der Waals surface area contributed by atoms with Crippen LogP contribution in [0.1, 0.15) is 0 Å². The molecule has 0 radical (unpaired) electrons. The molecule has 0 aliphatic rings. The molecule has 0 spiro atoms. The lowest BCUT2D eigenvalue weighted by atomic mass is 9.98. The molecule has 3 heterocycles. The Bertz CT molecular complexity index is 4190. The molecule has 14 rings (SSSR count). The topological polar surface area (TPSA) is 35.6 Å². The van der Waals surface area contributed by atoms with E-state index in [1.165, 1.54) is 49.3 Å². The Hall–Kier alpha value is -9.38. The normalized spacial score (nSPS) is 11.7. The average molecular weight is 891 g/mol. The Morgan fingerprint density at radius 3 is 1.19 bits per heavy atom. The van der Waals surface area contributed by atoms with Crippen LogP contribution >= 0.6 is 0 Å². The summed E-state index contributed by atoms with van der Waals surface area (Å²) < 4.78 is 4.69. The zero-order chi connectivity index (χ0) is 46.1. The monoisotopic (exact) mass is 890 g/mol. The van der Waals surface area contributed by atoms with Gasteiger partial charge in [-0.3, -0.25) is 4.57 Å². The highest BCUT2D eigenvalue weighted by Gasteiger charge is 2.21. The molecule has 0 N–H and O–H groups in total. The predicted molar refractivity (Wildman–Crippen MR) is 293 cm³/mol. The summed E-state index contributed by atoms with van der Waals surface area (Å²) in [5, 5.41) is 9.38. The molecular weight excluding hydrogens is 849 g/mol. The van der Waals surface area contributed by atoms with Crippen LogP contribution < -0.4 is 0 Å². The second-order valence-electron chi connectivity index (χ2n) is 18.2. The molecule has 0 aliphatic heterocycles. The number of hydrogen-bond donors (Lipinski definition) is 0. The third-order valence-corrected chi connectivity index (χ3v) is 14.1. The first kappa shape index (κ1) is 39.8. The van der Waals surface area contributed by atoms with Gasteiger partial charge >= 0.3 is 0 Å². The predicted octanol–water partition coefficient (Wildman–Crippen LogP) is 17.3. The van der Waals surface area contributed by atoms with E-state index in [1.54, 1.807) is 0 Å². The summed E-state index contributed by atoms with van der Waals surface area (Å²) >= 11 is 0. The van der Waals surface area contributed by atoms with Gasteiger partial charge in [-0.05, 0) is 116 Å². The van der Waals surface area contributed by atoms with E-state index in [2.05, 4.69) is 264 Å². The highest BCUT2D eigenvalue weighted by atomic mass is 15.2. The van der Waals surface area contributed by atoms with Gasteiger partial charge in [-0.25, -0.2) is 9.97 Å². The first-order chi connectivity index (χ1) is 34.7. The maximum Gasteiger partial charge on any atom is 0.235 e. The fourth-order valence-electron chi connectivity index (χ4n) is 10.8. The number of hydrogen-bond acceptors (Lipinski definition) is 2. The van der Waals surface area contributed by atoms with Gasteiger partial charge in [0.25, 0.3) is 0 Å². The van der Waals surface area contributed by atoms with Crippen molar-refractivity contribution in [1.29, 1.82) is 0 Å². The van der Waals surface area contributed by atoms with Crippen molar-refractivity contribution in [2.45, 2.75) is 0 Å². The van der Waals surface area contributed by atoms with Crippen molar-refractivity contribution in [2.24, 2.45) is 0 Å². The summed E-state index contributed by atoms with van der Waals surface area (Å²) in [5.41, 5.74) is 16.5. The van der Waals surface area contributed by atoms with Crippen LogP contribution in [0, 0.1) is 0 Å². The quantitative estimate of drug-likeness (QED) is 0.160. The maximum absolute atomic E-state index is 5.47. The third-order valence-electron chi connectivity index (χ3n) is 14.1. The van der Waals surface area contributed by atoms with E-state index in [9.17, 15) is 0 Å². The average Bonchev–Trinajstić information content (AvgIpc) is 3.95. The Kier molecular flexibility index (Phi) is 9.17. The Labute approximate surface area is 404 Å². The fourth-order valence-corrected chi connectivity index (χ4v) is 10.8. The standard InChI is InChI=1S/C66H42N4/c1-3-17-43(18-4-1)49-37-50(44-19-5-2-6-20-44)39-51(38-49)69-62-31-13-11-27-56(62)58-40-47(33-35-64(58)69)48-34-36-65-59(41-48)57-28-12-14-32-63(57)70(65)66-67-60(54-29-15-23-45-21-7-9-25-52(45)54)42-61(68-66)55-30-16-24-46-22-8-10-26-53(46)55/h1-42H. The van der Waals surface area contributed by atoms with Gasteiger partial charge in [0, 0.05) is 38.4 Å². The van der Waals surface area contributed by atoms with Crippen molar-refractivity contribution in [1.82, 2.24) is 19.1 Å². The fraction of sp³-hybridized carbons (Fsp3) is 0. The summed E-state index contributed by atoms with van der Waals surface area (Å²) in [6.45, 7) is 0. The molecule has 0 unspecified atom stereocenters. The van der Waals surface area contributed by atoms with Gasteiger partial charge in [-0.15, -0.1) is 0 Å². The van der Waals surface area contributed by atoms with Gasteiger partial charge in [-0.2, -0.15) is 0 Å². The van der Waals surface area contributed by atoms with Crippen molar-refractivity contribution in [3.8, 4) is 67.5 Å². The number of nitrogens with zero attached hydrogens (tertiary/aromatic N) is 4. The molecule has 0 atom stereocenters. The van der Waals surface area contributed by atoms with E-state index >= 15 is 0 Å². The second kappa shape index (κ2) is 16.2. The van der Waals surface area contributed by atoms with Crippen LogP contribution in [0.25, 0.3) is 133 Å². The van der Waals surface area contributed by atoms with Gasteiger partial charge in [0.1, 0.15) is 0 Å². The first-order valence-electron chi connectivity index (χ1n) is 23.9. The molecule has 0 bridgehead atoms. The number of para-hydroxylation sites is 2. The highest BCUT2D eigenvalue weighted by Crippen LogP contribution is 2.41. The summed E-state index contributed by atoms with van der Waals surface area (Å²) in [4.78, 5) is 10.9. The van der Waals surface area contributed by atoms with Crippen LogP contribution in [-0.4, -0.2) is 19.1 Å². The smallest absolute Gasteiger partial charge is 0.235 e. The van der Waals surface area contributed by atoms with Crippen molar-refractivity contribution in [3.05, 3.63) is 255 Å². The van der Waals surface area contributed by atoms with Crippen molar-refractivity contribution >= 4 is 65.2 Å². The molecule has 14 aromatic rings. The van der Waals surface area contributed by atoms with E-state index < -0.39 is 0 Å². The van der Waals surface area contributed by atoms with Gasteiger partial charge < -0.3 is 4.57 Å². The van der Waals surface area contributed by atoms with Crippen LogP contribution in [0.4, 0.5) is 0 Å². The Morgan fingerprint density at radius 1 is 0.243 bits per heavy atom. The minimum atomic E-state index is 0.633. The molecule has 3 aromatic heterocycles. The zero-order valence-corrected chi connectivity index (χ0v) is 38.0. The molecule has 0 fully saturated rings. The first-order valence-corrected chi connectivity index (χ1v) is 23.9. The number of fused-ring (bicyclic) bond motifs is 8. The van der Waals surface area contributed by atoms with Crippen molar-refractivity contribution in [2.75, 3.05) is 0 Å². The molecule has 0 amide bonds. The van der Waals surface area contributed by atoms with Crippen molar-refractivity contribution < 1.29 is 0 Å². The van der Waals surface area contributed by atoms with Gasteiger partial charge in [-0.1, -0.05) is 194 Å². The highest BCUT2D eigenvalue weighted by molar-refractivity contribution is 6.13. The summed E-state index contributed by atoms with van der Waals surface area (Å²) in [7, 11) is 0. The SMILES string of the molecule is c1ccc(-c2cc(-c3ccccc3)cc(-n3c4ccccc4c4cc(-c5ccc6c(c5)c5ccccc5n6-c5nc(-c6cccc7ccccc67)cc(-c6cccc7ccccc67)n5)ccc43)c2)cc1. The molecule has 0 saturated heterocycles. The minimum Gasteiger partial charge on any atom is -0.309 e. The molecule has 11 aromatic carbocycles. The van der Waals surface area contributed by atoms with Crippen LogP contribution in [0.5, 0.6) is 0 Å². The van der Waals surface area contributed by atoms with Crippen LogP contribution in [0.15, 0.2) is 255 Å². The lowest BCUT2D eigenvalue weighted by Crippen LogP contribution is -2.04. The minimum absolute atomic E-state index is 0.633. The van der Waals surface area contributed by atoms with Crippen LogP contribution in [-0.2, 0) is 0 Å². The molecule has 4 heteroatoms. The molecular formula is C66H42N4. The van der Waals surface area contributed by atoms with E-state index in [0.717, 1.165) is 77.4 Å². The van der Waals surface area contributed by atoms with E-state index in [4.69, 9.17) is 9.97 Å². The number of benzene rings is 11. The van der Waals surface area contributed by atoms with E-state index in [0.29, 0.717) is 5.95 Å². The zero-order valence-electron chi connectivity index (χ0n) is 38.0. The molecule has 0 aliphatic carbocycles. The van der Waals surface area contributed by atoms with Gasteiger partial charge in [0.15, 0.2) is 0 Å². The van der Waals surface area contributed by atoms with Gasteiger partial charge in [0.05, 0.1) is 33.5 Å². The largest absolute Gasteiger partial charge is 0.309 e.